The molecule has 1 atom stereocenters. The molecule has 4 aromatic rings. The van der Waals surface area contributed by atoms with Crippen molar-refractivity contribution in [2.24, 2.45) is 0 Å². The largest absolute Gasteiger partial charge is 0.147 e. The molecule has 0 spiro atoms. The minimum Gasteiger partial charge on any atom is -0.147 e. The summed E-state index contributed by atoms with van der Waals surface area (Å²) in [6.45, 7) is 11.3. The second-order valence-corrected chi connectivity index (χ2v) is 35.0. The average Bonchev–Trinajstić information content (AvgIpc) is 3.59. The molecule has 0 bridgehead atoms. The van der Waals surface area contributed by atoms with Crippen LogP contribution in [0.25, 0.3) is 27.3 Å². The number of rotatable bonds is 1. The van der Waals surface area contributed by atoms with Crippen LogP contribution in [0, 0.1) is 20.8 Å². The van der Waals surface area contributed by atoms with E-state index in [9.17, 15) is 0 Å². The zero-order valence-electron chi connectivity index (χ0n) is 23.0. The molecular weight excluding hydrogens is 655 g/mol. The molecule has 39 heavy (non-hydrogen) atoms. The van der Waals surface area contributed by atoms with Crippen molar-refractivity contribution >= 4 is 88.9 Å². The van der Waals surface area contributed by atoms with Crippen LogP contribution in [-0.4, -0.2) is 14.9 Å². The molecule has 1 unspecified atom stereocenters. The van der Waals surface area contributed by atoms with E-state index in [1.165, 1.54) is 63.7 Å². The zero-order chi connectivity index (χ0) is 25.8. The van der Waals surface area contributed by atoms with Crippen LogP contribution in [0.1, 0.15) is 45.6 Å². The van der Waals surface area contributed by atoms with Gasteiger partial charge in [-0.15, -0.1) is 24.8 Å². The number of hydrogen-bond donors (Lipinski definition) is 0. The smallest absolute Gasteiger partial charge is 0.147 e. The Balaban J connectivity index is 0.00000154. The third kappa shape index (κ3) is 4.26. The summed E-state index contributed by atoms with van der Waals surface area (Å²) >= 11 is -0.463. The van der Waals surface area contributed by atoms with Gasteiger partial charge >= 0.3 is 232 Å². The van der Waals surface area contributed by atoms with Crippen LogP contribution in [0.15, 0.2) is 74.4 Å². The first-order valence-corrected chi connectivity index (χ1v) is 26.9. The van der Waals surface area contributed by atoms with Gasteiger partial charge in [0, 0.05) is 0 Å². The fraction of sp³-hybridized carbons (Fsp3) is 0.188. The minimum atomic E-state index is -2.43. The molecule has 2 aliphatic carbocycles. The molecule has 0 radical (unpaired) electrons. The van der Waals surface area contributed by atoms with Gasteiger partial charge in [0.05, 0.1) is 0 Å². The Bertz CT molecular complexity index is 1980. The van der Waals surface area contributed by atoms with Gasteiger partial charge in [-0.1, -0.05) is 0 Å². The van der Waals surface area contributed by atoms with Gasteiger partial charge in [-0.2, -0.15) is 0 Å². The molecule has 0 amide bonds. The molecule has 0 saturated carbocycles. The van der Waals surface area contributed by atoms with E-state index in [0.717, 1.165) is 11.5 Å². The summed E-state index contributed by atoms with van der Waals surface area (Å²) in [5.74, 6) is 1.97. The van der Waals surface area contributed by atoms with Gasteiger partial charge < -0.3 is 0 Å². The Kier molecular flexibility index (Phi) is 7.62. The molecule has 3 heterocycles. The Morgan fingerprint density at radius 1 is 0.872 bits per heavy atom. The van der Waals surface area contributed by atoms with Crippen molar-refractivity contribution in [3.8, 4) is 0 Å². The number of fused-ring (bicyclic) bond motifs is 5. The number of allylic oxidation sites excluding steroid dienone is 5. The van der Waals surface area contributed by atoms with Gasteiger partial charge in [0.15, 0.2) is 0 Å². The van der Waals surface area contributed by atoms with Crippen molar-refractivity contribution in [2.75, 3.05) is 0 Å². The predicted octanol–water partition coefficient (Wildman–Crippen LogP) is 9.32. The van der Waals surface area contributed by atoms with Gasteiger partial charge in [0.25, 0.3) is 0 Å². The Labute approximate surface area is 255 Å². The standard InChI is InChI=1S/C30H22OS2.2CH3.2ClH.H2Si.Zr/c1-16-13-21-26(14-16)33(25-10-6-8-18(3)28(21)25)30-20(23-12-11-19(4)31-23)15-22-27-17(2)7-5-9-24(27)32-29(22)30;;;;;;/h5-13,15H,1-4H3;2*1H3;2*1H;1H2;. The summed E-state index contributed by atoms with van der Waals surface area (Å²) < 4.78 is 14.6. The summed E-state index contributed by atoms with van der Waals surface area (Å²) in [7, 11) is -0.160. The van der Waals surface area contributed by atoms with Crippen LogP contribution in [0.4, 0.5) is 0 Å². The molecule has 1 nitrogen and oxygen atoms in total. The first-order valence-electron chi connectivity index (χ1n) is 12.8. The van der Waals surface area contributed by atoms with E-state index < -0.39 is 18.4 Å². The molecular formula is C32H32Cl2OS2SiZr. The third-order valence-electron chi connectivity index (χ3n) is 7.74. The van der Waals surface area contributed by atoms with Crippen molar-refractivity contribution < 1.29 is 22.8 Å². The zero-order valence-corrected chi connectivity index (χ0v) is 30.2. The number of halogens is 2. The summed E-state index contributed by atoms with van der Waals surface area (Å²) in [5.41, 5.74) is 9.89. The topological polar surface area (TPSA) is 13.1 Å². The Hall–Kier alpha value is -1.33. The number of thiophene rings is 1. The summed E-state index contributed by atoms with van der Waals surface area (Å²) in [5, 5.41) is 1.40. The average molecular weight is 687 g/mol. The fourth-order valence-corrected chi connectivity index (χ4v) is 21.2. The van der Waals surface area contributed by atoms with Crippen LogP contribution in [0.3, 0.4) is 0 Å². The van der Waals surface area contributed by atoms with Crippen molar-refractivity contribution in [3.05, 3.63) is 104 Å². The van der Waals surface area contributed by atoms with Crippen molar-refractivity contribution in [2.45, 2.75) is 41.9 Å². The number of hydrogen-bond acceptors (Lipinski definition) is 2. The molecule has 2 aromatic heterocycles. The van der Waals surface area contributed by atoms with Gasteiger partial charge in [-0.3, -0.25) is 0 Å². The first-order chi connectivity index (χ1) is 17.6. The van der Waals surface area contributed by atoms with E-state index in [-0.39, 0.29) is 35.3 Å². The summed E-state index contributed by atoms with van der Waals surface area (Å²) in [6.07, 6.45) is 4.95. The van der Waals surface area contributed by atoms with E-state index in [1.807, 2.05) is 11.3 Å². The molecule has 200 valence electrons. The minimum absolute atomic E-state index is 0. The van der Waals surface area contributed by atoms with E-state index in [2.05, 4.69) is 105 Å². The maximum absolute atomic E-state index is 6.34. The van der Waals surface area contributed by atoms with Crippen molar-refractivity contribution in [3.63, 3.8) is 0 Å². The van der Waals surface area contributed by atoms with Crippen LogP contribution >= 0.6 is 46.6 Å². The van der Waals surface area contributed by atoms with E-state index in [1.54, 1.807) is 8.11 Å². The first kappa shape index (κ1) is 29.2. The van der Waals surface area contributed by atoms with Gasteiger partial charge in [-0.05, 0) is 0 Å². The Morgan fingerprint density at radius 3 is 2.28 bits per heavy atom. The SMILES string of the molecule is CC1=CC2=C([C]1=[Zr]([CH3])([CH3])=[SiH2])S(=C1C(c3ccc(C)o3)=Cc3c1sc1cccc(C)c31)c1cccc(C)c12.Cl.Cl. The molecule has 0 saturated heterocycles. The normalized spacial score (nSPS) is 18.1. The molecule has 7 heteroatoms. The summed E-state index contributed by atoms with van der Waals surface area (Å²) in [4.78, 5) is 6.04. The van der Waals surface area contributed by atoms with E-state index in [4.69, 9.17) is 4.42 Å². The third-order valence-corrected chi connectivity index (χ3v) is 19.0. The predicted molar refractivity (Wildman–Crippen MR) is 179 cm³/mol. The molecule has 1 aliphatic heterocycles. The molecule has 0 fully saturated rings. The monoisotopic (exact) mass is 684 g/mol. The fourth-order valence-electron chi connectivity index (χ4n) is 6.34. The maximum atomic E-state index is 6.34. The number of furan rings is 1. The number of benzene rings is 2. The van der Waals surface area contributed by atoms with Gasteiger partial charge in [0.1, 0.15) is 0 Å². The molecule has 3 aliphatic rings. The van der Waals surface area contributed by atoms with Crippen LogP contribution in [0.5, 0.6) is 0 Å². The van der Waals surface area contributed by atoms with Crippen LogP contribution < -0.4 is 0 Å². The summed E-state index contributed by atoms with van der Waals surface area (Å²) in [6, 6.07) is 18.0. The van der Waals surface area contributed by atoms with Crippen LogP contribution in [0.2, 0.25) is 9.26 Å². The Morgan fingerprint density at radius 2 is 1.59 bits per heavy atom. The van der Waals surface area contributed by atoms with Crippen molar-refractivity contribution in [1.29, 1.82) is 0 Å². The van der Waals surface area contributed by atoms with Gasteiger partial charge in [-0.25, -0.2) is 0 Å². The van der Waals surface area contributed by atoms with Crippen LogP contribution in [-0.2, 0) is 18.4 Å². The second-order valence-electron chi connectivity index (χ2n) is 11.2. The van der Waals surface area contributed by atoms with E-state index in [0.29, 0.717) is 0 Å². The van der Waals surface area contributed by atoms with Crippen molar-refractivity contribution in [1.82, 2.24) is 0 Å². The van der Waals surface area contributed by atoms with E-state index >= 15 is 0 Å². The molecule has 7 rings (SSSR count). The van der Waals surface area contributed by atoms with Gasteiger partial charge in [0.2, 0.25) is 0 Å². The second kappa shape index (κ2) is 10.2. The maximum Gasteiger partial charge on any atom is -0.147 e. The molecule has 0 N–H and O–H groups in total. The quantitative estimate of drug-likeness (QED) is 0.144. The molecule has 2 aromatic carbocycles. The number of aryl methyl sites for hydroxylation is 3.